The molecule has 0 heterocycles. The lowest BCUT2D eigenvalue weighted by atomic mass is 10.1. The zero-order valence-electron chi connectivity index (χ0n) is 11.4. The molecule has 0 aliphatic heterocycles. The summed E-state index contributed by atoms with van der Waals surface area (Å²) in [6, 6.07) is 10.9. The molecular formula is C14H16N2O4S. The fourth-order valence-corrected chi connectivity index (χ4v) is 3.44. The maximum atomic E-state index is 12.5. The number of fused-ring (bicyclic) bond motifs is 1. The second-order valence-corrected chi connectivity index (χ2v) is 6.09. The summed E-state index contributed by atoms with van der Waals surface area (Å²) in [4.78, 5) is 11.6. The first-order valence-electron chi connectivity index (χ1n) is 6.27. The summed E-state index contributed by atoms with van der Waals surface area (Å²) in [5.41, 5.74) is 5.42. The zero-order valence-corrected chi connectivity index (χ0v) is 12.3. The number of methoxy groups -OCH3 is 1. The highest BCUT2D eigenvalue weighted by molar-refractivity contribution is 7.89. The third-order valence-corrected chi connectivity index (χ3v) is 4.59. The smallest absolute Gasteiger partial charge is 0.325 e. The fourth-order valence-electron chi connectivity index (χ4n) is 2.02. The standard InChI is InChI=1S/C14H16N2O4S/c1-20-14(17)12(9-15)16-21(18,19)13-8-4-6-10-5-2-3-7-11(10)13/h2-8,12,16H,9,15H2,1H3. The molecule has 2 rings (SSSR count). The lowest BCUT2D eigenvalue weighted by molar-refractivity contribution is -0.142. The lowest BCUT2D eigenvalue weighted by Crippen LogP contribution is -2.46. The predicted molar refractivity (Wildman–Crippen MR) is 79.1 cm³/mol. The van der Waals surface area contributed by atoms with Crippen LogP contribution < -0.4 is 10.5 Å². The highest BCUT2D eigenvalue weighted by Crippen LogP contribution is 2.22. The van der Waals surface area contributed by atoms with Crippen molar-refractivity contribution >= 4 is 26.8 Å². The van der Waals surface area contributed by atoms with Gasteiger partial charge in [-0.3, -0.25) is 4.79 Å². The maximum absolute atomic E-state index is 12.5. The number of sulfonamides is 1. The van der Waals surface area contributed by atoms with Gasteiger partial charge in [0, 0.05) is 11.9 Å². The number of rotatable bonds is 5. The number of carbonyl (C=O) groups excluding carboxylic acids is 1. The molecule has 112 valence electrons. The van der Waals surface area contributed by atoms with E-state index in [1.807, 2.05) is 18.2 Å². The van der Waals surface area contributed by atoms with Gasteiger partial charge >= 0.3 is 5.97 Å². The van der Waals surface area contributed by atoms with Crippen LogP contribution in [0.5, 0.6) is 0 Å². The van der Waals surface area contributed by atoms with Crippen LogP contribution in [0.3, 0.4) is 0 Å². The topological polar surface area (TPSA) is 98.5 Å². The van der Waals surface area contributed by atoms with E-state index in [9.17, 15) is 13.2 Å². The molecule has 0 saturated carbocycles. The molecule has 2 aromatic rings. The van der Waals surface area contributed by atoms with Crippen LogP contribution in [0.15, 0.2) is 47.4 Å². The van der Waals surface area contributed by atoms with Crippen LogP contribution in [-0.2, 0) is 19.6 Å². The van der Waals surface area contributed by atoms with E-state index < -0.39 is 22.0 Å². The second kappa shape index (κ2) is 6.21. The maximum Gasteiger partial charge on any atom is 0.325 e. The van der Waals surface area contributed by atoms with E-state index in [0.29, 0.717) is 5.39 Å². The van der Waals surface area contributed by atoms with Gasteiger partial charge in [-0.1, -0.05) is 36.4 Å². The monoisotopic (exact) mass is 308 g/mol. The van der Waals surface area contributed by atoms with Crippen LogP contribution in [0.1, 0.15) is 0 Å². The van der Waals surface area contributed by atoms with Gasteiger partial charge in [-0.2, -0.15) is 4.72 Å². The van der Waals surface area contributed by atoms with Crippen LogP contribution in [0.4, 0.5) is 0 Å². The molecule has 0 aromatic heterocycles. The molecule has 0 saturated heterocycles. The molecule has 1 unspecified atom stereocenters. The second-order valence-electron chi connectivity index (χ2n) is 4.41. The van der Waals surface area contributed by atoms with Crippen molar-refractivity contribution in [3.63, 3.8) is 0 Å². The Morgan fingerprint density at radius 3 is 2.57 bits per heavy atom. The molecular weight excluding hydrogens is 292 g/mol. The first-order valence-corrected chi connectivity index (χ1v) is 7.76. The summed E-state index contributed by atoms with van der Waals surface area (Å²) in [5.74, 6) is -0.721. The highest BCUT2D eigenvalue weighted by Gasteiger charge is 2.26. The Balaban J connectivity index is 2.45. The van der Waals surface area contributed by atoms with Gasteiger partial charge in [-0.05, 0) is 11.5 Å². The first-order chi connectivity index (χ1) is 9.99. The molecule has 0 spiro atoms. The van der Waals surface area contributed by atoms with Gasteiger partial charge in [-0.15, -0.1) is 0 Å². The van der Waals surface area contributed by atoms with Crippen LogP contribution in [-0.4, -0.2) is 34.1 Å². The Labute approximate surface area is 122 Å². The Hall–Kier alpha value is -1.96. The molecule has 6 nitrogen and oxygen atoms in total. The summed E-state index contributed by atoms with van der Waals surface area (Å²) < 4.78 is 31.7. The van der Waals surface area contributed by atoms with Gasteiger partial charge in [0.25, 0.3) is 0 Å². The molecule has 0 bridgehead atoms. The van der Waals surface area contributed by atoms with Gasteiger partial charge < -0.3 is 10.5 Å². The van der Waals surface area contributed by atoms with Crippen molar-refractivity contribution in [1.82, 2.24) is 4.72 Å². The van der Waals surface area contributed by atoms with E-state index in [-0.39, 0.29) is 11.4 Å². The minimum absolute atomic E-state index is 0.1000. The minimum Gasteiger partial charge on any atom is -0.468 e. The van der Waals surface area contributed by atoms with E-state index in [2.05, 4.69) is 9.46 Å². The Morgan fingerprint density at radius 1 is 1.24 bits per heavy atom. The van der Waals surface area contributed by atoms with Crippen molar-refractivity contribution in [2.24, 2.45) is 5.73 Å². The molecule has 21 heavy (non-hydrogen) atoms. The number of esters is 1. The van der Waals surface area contributed by atoms with Crippen molar-refractivity contribution in [3.8, 4) is 0 Å². The molecule has 0 aliphatic carbocycles. The Kier molecular flexibility index (Phi) is 4.56. The molecule has 2 aromatic carbocycles. The van der Waals surface area contributed by atoms with Gasteiger partial charge in [0.15, 0.2) is 0 Å². The van der Waals surface area contributed by atoms with E-state index in [0.717, 1.165) is 5.39 Å². The van der Waals surface area contributed by atoms with Gasteiger partial charge in [0.1, 0.15) is 6.04 Å². The van der Waals surface area contributed by atoms with Crippen LogP contribution in [0.25, 0.3) is 10.8 Å². The van der Waals surface area contributed by atoms with Crippen LogP contribution in [0.2, 0.25) is 0 Å². The van der Waals surface area contributed by atoms with E-state index >= 15 is 0 Å². The van der Waals surface area contributed by atoms with E-state index in [1.165, 1.54) is 13.2 Å². The number of carbonyl (C=O) groups is 1. The summed E-state index contributed by atoms with van der Waals surface area (Å²) in [6.45, 7) is -0.184. The molecule has 1 atom stereocenters. The van der Waals surface area contributed by atoms with Crippen molar-refractivity contribution in [3.05, 3.63) is 42.5 Å². The van der Waals surface area contributed by atoms with Crippen LogP contribution >= 0.6 is 0 Å². The number of ether oxygens (including phenoxy) is 1. The number of nitrogens with two attached hydrogens (primary N) is 1. The summed E-state index contributed by atoms with van der Waals surface area (Å²) in [5, 5.41) is 1.37. The SMILES string of the molecule is COC(=O)C(CN)NS(=O)(=O)c1cccc2ccccc12. The average Bonchev–Trinajstić information content (AvgIpc) is 2.51. The van der Waals surface area contributed by atoms with Crippen molar-refractivity contribution in [1.29, 1.82) is 0 Å². The third-order valence-electron chi connectivity index (χ3n) is 3.06. The van der Waals surface area contributed by atoms with Gasteiger partial charge in [0.2, 0.25) is 10.0 Å². The van der Waals surface area contributed by atoms with Crippen molar-refractivity contribution in [2.45, 2.75) is 10.9 Å². The highest BCUT2D eigenvalue weighted by atomic mass is 32.2. The normalized spacial score (nSPS) is 13.0. The average molecular weight is 308 g/mol. The predicted octanol–water partition coefficient (Wildman–Crippen LogP) is 0.618. The largest absolute Gasteiger partial charge is 0.468 e. The third kappa shape index (κ3) is 3.21. The van der Waals surface area contributed by atoms with Crippen molar-refractivity contribution < 1.29 is 17.9 Å². The van der Waals surface area contributed by atoms with Crippen molar-refractivity contribution in [2.75, 3.05) is 13.7 Å². The summed E-state index contributed by atoms with van der Waals surface area (Å²) in [7, 11) is -2.71. The lowest BCUT2D eigenvalue weighted by Gasteiger charge is -2.15. The summed E-state index contributed by atoms with van der Waals surface area (Å²) >= 11 is 0. The molecule has 7 heteroatoms. The Morgan fingerprint density at radius 2 is 1.90 bits per heavy atom. The quantitative estimate of drug-likeness (QED) is 0.789. The van der Waals surface area contributed by atoms with Crippen LogP contribution in [0, 0.1) is 0 Å². The van der Waals surface area contributed by atoms with E-state index in [1.54, 1.807) is 18.2 Å². The molecule has 0 fully saturated rings. The van der Waals surface area contributed by atoms with Gasteiger partial charge in [-0.25, -0.2) is 8.42 Å². The number of benzene rings is 2. The first kappa shape index (κ1) is 15.4. The Bertz CT molecular complexity index is 753. The fraction of sp³-hybridized carbons (Fsp3) is 0.214. The molecule has 3 N–H and O–H groups in total. The molecule has 0 radical (unpaired) electrons. The molecule has 0 amide bonds. The zero-order chi connectivity index (χ0) is 15.5. The van der Waals surface area contributed by atoms with Gasteiger partial charge in [0.05, 0.1) is 12.0 Å². The molecule has 0 aliphatic rings. The number of nitrogens with one attached hydrogen (secondary N) is 1. The minimum atomic E-state index is -3.88. The van der Waals surface area contributed by atoms with E-state index in [4.69, 9.17) is 5.73 Å². The number of hydrogen-bond acceptors (Lipinski definition) is 5. The summed E-state index contributed by atoms with van der Waals surface area (Å²) in [6.07, 6.45) is 0. The number of hydrogen-bond donors (Lipinski definition) is 2.